The van der Waals surface area contributed by atoms with Gasteiger partial charge in [0.25, 0.3) is 0 Å². The molecule has 4 heteroatoms. The third kappa shape index (κ3) is 4.45. The third-order valence-electron chi connectivity index (χ3n) is 3.31. The molecule has 1 fully saturated rings. The van der Waals surface area contributed by atoms with Crippen LogP contribution in [0.15, 0.2) is 24.5 Å². The highest BCUT2D eigenvalue weighted by molar-refractivity contribution is 5.78. The van der Waals surface area contributed by atoms with Crippen LogP contribution >= 0.6 is 0 Å². The van der Waals surface area contributed by atoms with E-state index in [0.717, 1.165) is 18.4 Å². The molecule has 0 saturated heterocycles. The molecule has 0 unspecified atom stereocenters. The fraction of sp³-hybridized carbons (Fsp3) is 0.571. The number of nitrogens with zero attached hydrogens (tertiary/aromatic N) is 1. The average Bonchev–Trinajstić information content (AvgIpc) is 2.41. The Hall–Kier alpha value is -1.42. The molecular formula is C14H21N3O. The standard InChI is InChI=1S/C14H21N3O/c18-14(17-13-6-2-1-3-7-13)11-16-10-12-5-4-8-15-9-12/h4-5,8-9,13,16H,1-3,6-7,10-11H2,(H,17,18). The molecule has 4 nitrogen and oxygen atoms in total. The van der Waals surface area contributed by atoms with Crippen LogP contribution in [0.2, 0.25) is 0 Å². The van der Waals surface area contributed by atoms with Gasteiger partial charge in [-0.1, -0.05) is 25.3 Å². The van der Waals surface area contributed by atoms with Crippen LogP contribution in [0.4, 0.5) is 0 Å². The summed E-state index contributed by atoms with van der Waals surface area (Å²) in [7, 11) is 0. The molecule has 1 aromatic heterocycles. The quantitative estimate of drug-likeness (QED) is 0.831. The number of pyridine rings is 1. The molecule has 0 atom stereocenters. The van der Waals surface area contributed by atoms with E-state index >= 15 is 0 Å². The molecule has 1 aliphatic carbocycles. The molecule has 0 radical (unpaired) electrons. The van der Waals surface area contributed by atoms with Crippen LogP contribution < -0.4 is 10.6 Å². The Kier molecular flexibility index (Phi) is 5.15. The highest BCUT2D eigenvalue weighted by Gasteiger charge is 2.14. The number of nitrogens with one attached hydrogen (secondary N) is 2. The van der Waals surface area contributed by atoms with E-state index < -0.39 is 0 Å². The van der Waals surface area contributed by atoms with Gasteiger partial charge in [-0.15, -0.1) is 0 Å². The highest BCUT2D eigenvalue weighted by Crippen LogP contribution is 2.17. The van der Waals surface area contributed by atoms with Crippen molar-refractivity contribution < 1.29 is 4.79 Å². The molecule has 0 spiro atoms. The molecule has 0 bridgehead atoms. The Balaban J connectivity index is 1.62. The summed E-state index contributed by atoms with van der Waals surface area (Å²) in [6.45, 7) is 1.07. The van der Waals surface area contributed by atoms with Crippen LogP contribution in [0.5, 0.6) is 0 Å². The molecule has 0 aromatic carbocycles. The summed E-state index contributed by atoms with van der Waals surface area (Å²) in [4.78, 5) is 15.7. The first-order valence-electron chi connectivity index (χ1n) is 6.73. The lowest BCUT2D eigenvalue weighted by molar-refractivity contribution is -0.121. The van der Waals surface area contributed by atoms with Gasteiger partial charge in [-0.3, -0.25) is 9.78 Å². The molecule has 1 amide bonds. The van der Waals surface area contributed by atoms with E-state index in [4.69, 9.17) is 0 Å². The Bertz CT molecular complexity index is 361. The van der Waals surface area contributed by atoms with Gasteiger partial charge in [-0.25, -0.2) is 0 Å². The first-order valence-corrected chi connectivity index (χ1v) is 6.73. The molecule has 0 aliphatic heterocycles. The van der Waals surface area contributed by atoms with Crippen molar-refractivity contribution in [1.82, 2.24) is 15.6 Å². The van der Waals surface area contributed by atoms with Crippen molar-refractivity contribution in [2.45, 2.75) is 44.7 Å². The molecule has 1 heterocycles. The average molecular weight is 247 g/mol. The lowest BCUT2D eigenvalue weighted by atomic mass is 9.95. The molecular weight excluding hydrogens is 226 g/mol. The van der Waals surface area contributed by atoms with E-state index in [1.54, 1.807) is 6.20 Å². The largest absolute Gasteiger partial charge is 0.352 e. The molecule has 18 heavy (non-hydrogen) atoms. The van der Waals surface area contributed by atoms with Crippen molar-refractivity contribution in [3.8, 4) is 0 Å². The SMILES string of the molecule is O=C(CNCc1cccnc1)NC1CCCCC1. The normalized spacial score (nSPS) is 16.4. The first kappa shape index (κ1) is 13.0. The molecule has 1 saturated carbocycles. The van der Waals surface area contributed by atoms with E-state index in [2.05, 4.69) is 15.6 Å². The summed E-state index contributed by atoms with van der Waals surface area (Å²) >= 11 is 0. The van der Waals surface area contributed by atoms with Gasteiger partial charge in [0.15, 0.2) is 0 Å². The summed E-state index contributed by atoms with van der Waals surface area (Å²) < 4.78 is 0. The summed E-state index contributed by atoms with van der Waals surface area (Å²) in [5.74, 6) is 0.103. The Morgan fingerprint density at radius 1 is 1.33 bits per heavy atom. The lowest BCUT2D eigenvalue weighted by Gasteiger charge is -2.22. The van der Waals surface area contributed by atoms with Crippen LogP contribution in [0, 0.1) is 0 Å². The summed E-state index contributed by atoms with van der Waals surface area (Å²) in [6.07, 6.45) is 9.63. The van der Waals surface area contributed by atoms with Crippen LogP contribution in [0.25, 0.3) is 0 Å². The predicted molar refractivity (Wildman–Crippen MR) is 71.0 cm³/mol. The molecule has 2 rings (SSSR count). The van der Waals surface area contributed by atoms with E-state index in [1.165, 1.54) is 19.3 Å². The Morgan fingerprint density at radius 3 is 2.89 bits per heavy atom. The summed E-state index contributed by atoms with van der Waals surface area (Å²) in [5, 5.41) is 6.23. The number of carbonyl (C=O) groups excluding carboxylic acids is 1. The number of hydrogen-bond donors (Lipinski definition) is 2. The second-order valence-corrected chi connectivity index (χ2v) is 4.87. The summed E-state index contributed by atoms with van der Waals surface area (Å²) in [5.41, 5.74) is 1.10. The second kappa shape index (κ2) is 7.11. The zero-order chi connectivity index (χ0) is 12.6. The minimum absolute atomic E-state index is 0.103. The van der Waals surface area contributed by atoms with Gasteiger partial charge >= 0.3 is 0 Å². The van der Waals surface area contributed by atoms with Crippen molar-refractivity contribution in [1.29, 1.82) is 0 Å². The van der Waals surface area contributed by atoms with E-state index in [0.29, 0.717) is 19.1 Å². The number of carbonyl (C=O) groups is 1. The number of aromatic nitrogens is 1. The predicted octanol–water partition coefficient (Wildman–Crippen LogP) is 1.62. The van der Waals surface area contributed by atoms with Gasteiger partial charge in [0.1, 0.15) is 0 Å². The van der Waals surface area contributed by atoms with Crippen molar-refractivity contribution >= 4 is 5.91 Å². The Labute approximate surface area is 108 Å². The number of hydrogen-bond acceptors (Lipinski definition) is 3. The van der Waals surface area contributed by atoms with Crippen molar-refractivity contribution in [3.05, 3.63) is 30.1 Å². The highest BCUT2D eigenvalue weighted by atomic mass is 16.1. The number of amides is 1. The number of rotatable bonds is 5. The smallest absolute Gasteiger partial charge is 0.234 e. The topological polar surface area (TPSA) is 54.0 Å². The van der Waals surface area contributed by atoms with Crippen LogP contribution in [-0.2, 0) is 11.3 Å². The van der Waals surface area contributed by atoms with Crippen LogP contribution in [0.1, 0.15) is 37.7 Å². The third-order valence-corrected chi connectivity index (χ3v) is 3.31. The van der Waals surface area contributed by atoms with Crippen molar-refractivity contribution in [3.63, 3.8) is 0 Å². The van der Waals surface area contributed by atoms with Gasteiger partial charge in [0.05, 0.1) is 6.54 Å². The van der Waals surface area contributed by atoms with Crippen molar-refractivity contribution in [2.75, 3.05) is 6.54 Å². The second-order valence-electron chi connectivity index (χ2n) is 4.87. The minimum atomic E-state index is 0.103. The van der Waals surface area contributed by atoms with Gasteiger partial charge < -0.3 is 10.6 Å². The van der Waals surface area contributed by atoms with Gasteiger partial charge in [-0.2, -0.15) is 0 Å². The minimum Gasteiger partial charge on any atom is -0.352 e. The fourth-order valence-electron chi connectivity index (χ4n) is 2.35. The van der Waals surface area contributed by atoms with Crippen LogP contribution in [0.3, 0.4) is 0 Å². The van der Waals surface area contributed by atoms with Gasteiger partial charge in [-0.05, 0) is 24.5 Å². The van der Waals surface area contributed by atoms with Crippen molar-refractivity contribution in [2.24, 2.45) is 0 Å². The van der Waals surface area contributed by atoms with Gasteiger partial charge in [0.2, 0.25) is 5.91 Å². The summed E-state index contributed by atoms with van der Waals surface area (Å²) in [6, 6.07) is 4.30. The first-order chi connectivity index (χ1) is 8.84. The van der Waals surface area contributed by atoms with E-state index in [-0.39, 0.29) is 5.91 Å². The van der Waals surface area contributed by atoms with Crippen LogP contribution in [-0.4, -0.2) is 23.5 Å². The van der Waals surface area contributed by atoms with E-state index in [1.807, 2.05) is 18.3 Å². The van der Waals surface area contributed by atoms with Gasteiger partial charge in [0, 0.05) is 25.0 Å². The Morgan fingerprint density at radius 2 is 2.17 bits per heavy atom. The maximum Gasteiger partial charge on any atom is 0.234 e. The molecule has 98 valence electrons. The van der Waals surface area contributed by atoms with E-state index in [9.17, 15) is 4.79 Å². The molecule has 1 aliphatic rings. The maximum absolute atomic E-state index is 11.7. The maximum atomic E-state index is 11.7. The zero-order valence-corrected chi connectivity index (χ0v) is 10.7. The fourth-order valence-corrected chi connectivity index (χ4v) is 2.35. The monoisotopic (exact) mass is 247 g/mol. The lowest BCUT2D eigenvalue weighted by Crippen LogP contribution is -2.41. The zero-order valence-electron chi connectivity index (χ0n) is 10.7. The molecule has 2 N–H and O–H groups in total. The molecule has 1 aromatic rings.